The van der Waals surface area contributed by atoms with Gasteiger partial charge in [-0.05, 0) is 24.3 Å². The van der Waals surface area contributed by atoms with E-state index in [1.807, 2.05) is 17.5 Å². The number of thiophene rings is 1. The van der Waals surface area contributed by atoms with Crippen molar-refractivity contribution in [3.05, 3.63) is 23.3 Å². The Morgan fingerprint density at radius 3 is 2.73 bits per heavy atom. The summed E-state index contributed by atoms with van der Waals surface area (Å²) >= 11 is 1.49. The molecule has 1 N–H and O–H groups in total. The van der Waals surface area contributed by atoms with Gasteiger partial charge in [-0.25, -0.2) is 0 Å². The standard InChI is InChI=1S/C13H18N4O3S2/c18-22(19,17-7-3-1-2-4-8-17)14-10-12-15-13(20-16-12)11-6-5-9-21-11/h5-6,9,14H,1-4,7-8,10H2. The summed E-state index contributed by atoms with van der Waals surface area (Å²) in [6.07, 6.45) is 3.99. The molecule has 3 heterocycles. The van der Waals surface area contributed by atoms with Gasteiger partial charge in [0.05, 0.1) is 11.4 Å². The normalized spacial score (nSPS) is 17.5. The van der Waals surface area contributed by atoms with Gasteiger partial charge in [0, 0.05) is 13.1 Å². The van der Waals surface area contributed by atoms with Crippen molar-refractivity contribution in [3.8, 4) is 10.8 Å². The smallest absolute Gasteiger partial charge is 0.279 e. The zero-order valence-corrected chi connectivity index (χ0v) is 13.7. The van der Waals surface area contributed by atoms with Gasteiger partial charge in [0.15, 0.2) is 5.82 Å². The summed E-state index contributed by atoms with van der Waals surface area (Å²) in [6, 6.07) is 3.77. The first-order valence-electron chi connectivity index (χ1n) is 7.26. The van der Waals surface area contributed by atoms with Gasteiger partial charge in [-0.3, -0.25) is 0 Å². The quantitative estimate of drug-likeness (QED) is 0.898. The molecule has 0 atom stereocenters. The largest absolute Gasteiger partial charge is 0.333 e. The van der Waals surface area contributed by atoms with E-state index in [0.29, 0.717) is 24.8 Å². The van der Waals surface area contributed by atoms with Crippen molar-refractivity contribution in [1.29, 1.82) is 0 Å². The molecule has 0 aromatic carbocycles. The molecule has 2 aromatic heterocycles. The van der Waals surface area contributed by atoms with Crippen LogP contribution in [0.1, 0.15) is 31.5 Å². The second-order valence-electron chi connectivity index (χ2n) is 5.13. The van der Waals surface area contributed by atoms with Gasteiger partial charge in [0.1, 0.15) is 0 Å². The molecule has 120 valence electrons. The van der Waals surface area contributed by atoms with E-state index < -0.39 is 10.2 Å². The Bertz CT molecular complexity index is 689. The molecule has 0 amide bonds. The molecule has 0 saturated carbocycles. The van der Waals surface area contributed by atoms with Crippen LogP contribution in [0.4, 0.5) is 0 Å². The Labute approximate surface area is 133 Å². The minimum Gasteiger partial charge on any atom is -0.333 e. The van der Waals surface area contributed by atoms with Crippen molar-refractivity contribution in [1.82, 2.24) is 19.2 Å². The van der Waals surface area contributed by atoms with Crippen LogP contribution in [-0.4, -0.2) is 36.0 Å². The third kappa shape index (κ3) is 3.72. The van der Waals surface area contributed by atoms with Crippen LogP contribution < -0.4 is 4.72 Å². The maximum absolute atomic E-state index is 12.3. The SMILES string of the molecule is O=S(=O)(NCc1noc(-c2cccs2)n1)N1CCCCCC1. The highest BCUT2D eigenvalue weighted by Crippen LogP contribution is 2.22. The molecule has 0 unspecified atom stereocenters. The molecule has 0 bridgehead atoms. The number of hydrogen-bond acceptors (Lipinski definition) is 6. The highest BCUT2D eigenvalue weighted by Gasteiger charge is 2.23. The average Bonchev–Trinajstić information content (AvgIpc) is 3.11. The Kier molecular flexibility index (Phi) is 4.87. The summed E-state index contributed by atoms with van der Waals surface area (Å²) in [7, 11) is -3.49. The number of aromatic nitrogens is 2. The van der Waals surface area contributed by atoms with Crippen molar-refractivity contribution < 1.29 is 12.9 Å². The van der Waals surface area contributed by atoms with E-state index in [1.54, 1.807) is 0 Å². The molecule has 1 aliphatic rings. The van der Waals surface area contributed by atoms with E-state index in [4.69, 9.17) is 4.52 Å². The predicted octanol–water partition coefficient (Wildman–Crippen LogP) is 2.01. The van der Waals surface area contributed by atoms with Gasteiger partial charge < -0.3 is 4.52 Å². The van der Waals surface area contributed by atoms with E-state index in [9.17, 15) is 8.42 Å². The first-order valence-corrected chi connectivity index (χ1v) is 9.58. The van der Waals surface area contributed by atoms with Crippen molar-refractivity contribution in [2.75, 3.05) is 13.1 Å². The topological polar surface area (TPSA) is 88.3 Å². The van der Waals surface area contributed by atoms with E-state index >= 15 is 0 Å². The molecule has 9 heteroatoms. The van der Waals surface area contributed by atoms with Gasteiger partial charge in [-0.1, -0.05) is 24.1 Å². The van der Waals surface area contributed by atoms with Crippen LogP contribution in [0.3, 0.4) is 0 Å². The Hall–Kier alpha value is -1.29. The minimum absolute atomic E-state index is 0.0354. The number of nitrogens with one attached hydrogen (secondary N) is 1. The molecule has 0 spiro atoms. The van der Waals surface area contributed by atoms with E-state index in [1.165, 1.54) is 15.6 Å². The van der Waals surface area contributed by atoms with Crippen LogP contribution in [0, 0.1) is 0 Å². The lowest BCUT2D eigenvalue weighted by Crippen LogP contribution is -2.41. The monoisotopic (exact) mass is 342 g/mol. The lowest BCUT2D eigenvalue weighted by Gasteiger charge is -2.19. The van der Waals surface area contributed by atoms with Gasteiger partial charge in [-0.2, -0.15) is 22.4 Å². The number of rotatable bonds is 5. The summed E-state index contributed by atoms with van der Waals surface area (Å²) in [5.74, 6) is 0.751. The number of hydrogen-bond donors (Lipinski definition) is 1. The Morgan fingerprint density at radius 2 is 2.05 bits per heavy atom. The molecule has 3 rings (SSSR count). The zero-order valence-electron chi connectivity index (χ0n) is 12.1. The second-order valence-corrected chi connectivity index (χ2v) is 7.84. The Balaban J connectivity index is 1.61. The van der Waals surface area contributed by atoms with Gasteiger partial charge in [0.25, 0.3) is 16.1 Å². The summed E-state index contributed by atoms with van der Waals surface area (Å²) in [5, 5.41) is 5.73. The van der Waals surface area contributed by atoms with Crippen LogP contribution in [0.25, 0.3) is 10.8 Å². The van der Waals surface area contributed by atoms with E-state index in [0.717, 1.165) is 30.6 Å². The van der Waals surface area contributed by atoms with E-state index in [2.05, 4.69) is 14.9 Å². The lowest BCUT2D eigenvalue weighted by molar-refractivity contribution is 0.408. The third-order valence-electron chi connectivity index (χ3n) is 3.52. The fourth-order valence-electron chi connectivity index (χ4n) is 2.36. The average molecular weight is 342 g/mol. The summed E-state index contributed by atoms with van der Waals surface area (Å²) < 4.78 is 33.7. The molecule has 1 aliphatic heterocycles. The first kappa shape index (κ1) is 15.6. The van der Waals surface area contributed by atoms with Crippen LogP contribution in [0.5, 0.6) is 0 Å². The second kappa shape index (κ2) is 6.86. The van der Waals surface area contributed by atoms with Crippen LogP contribution >= 0.6 is 11.3 Å². The summed E-state index contributed by atoms with van der Waals surface area (Å²) in [6.45, 7) is 1.18. The number of nitrogens with zero attached hydrogens (tertiary/aromatic N) is 3. The van der Waals surface area contributed by atoms with Crippen molar-refractivity contribution in [2.24, 2.45) is 0 Å². The fraction of sp³-hybridized carbons (Fsp3) is 0.538. The molecule has 1 fully saturated rings. The minimum atomic E-state index is -3.49. The molecule has 7 nitrogen and oxygen atoms in total. The predicted molar refractivity (Wildman–Crippen MR) is 83.4 cm³/mol. The highest BCUT2D eigenvalue weighted by molar-refractivity contribution is 7.87. The molecular weight excluding hydrogens is 324 g/mol. The maximum Gasteiger partial charge on any atom is 0.279 e. The van der Waals surface area contributed by atoms with Crippen LogP contribution in [0.2, 0.25) is 0 Å². The molecular formula is C13H18N4O3S2. The van der Waals surface area contributed by atoms with Crippen LogP contribution in [-0.2, 0) is 16.8 Å². The van der Waals surface area contributed by atoms with E-state index in [-0.39, 0.29) is 6.54 Å². The van der Waals surface area contributed by atoms with Crippen molar-refractivity contribution in [2.45, 2.75) is 32.2 Å². The zero-order chi connectivity index (χ0) is 15.4. The molecule has 2 aromatic rings. The van der Waals surface area contributed by atoms with Gasteiger partial charge >= 0.3 is 0 Å². The maximum atomic E-state index is 12.3. The Morgan fingerprint density at radius 1 is 1.27 bits per heavy atom. The molecule has 0 radical (unpaired) electrons. The molecule has 1 saturated heterocycles. The molecule has 0 aliphatic carbocycles. The van der Waals surface area contributed by atoms with Gasteiger partial charge in [0.2, 0.25) is 0 Å². The third-order valence-corrected chi connectivity index (χ3v) is 5.93. The van der Waals surface area contributed by atoms with Crippen LogP contribution in [0.15, 0.2) is 22.0 Å². The van der Waals surface area contributed by atoms with Gasteiger partial charge in [-0.15, -0.1) is 11.3 Å². The van der Waals surface area contributed by atoms with Crippen molar-refractivity contribution >= 4 is 21.5 Å². The fourth-order valence-corrected chi connectivity index (χ4v) is 4.23. The summed E-state index contributed by atoms with van der Waals surface area (Å²) in [4.78, 5) is 5.08. The van der Waals surface area contributed by atoms with Crippen molar-refractivity contribution in [3.63, 3.8) is 0 Å². The first-order chi connectivity index (χ1) is 10.6. The molecule has 22 heavy (non-hydrogen) atoms. The summed E-state index contributed by atoms with van der Waals surface area (Å²) in [5.41, 5.74) is 0. The highest BCUT2D eigenvalue weighted by atomic mass is 32.2. The lowest BCUT2D eigenvalue weighted by atomic mass is 10.2.